The zero-order chi connectivity index (χ0) is 15.1. The molecule has 1 aliphatic heterocycles. The Balaban J connectivity index is 0.00000242. The van der Waals surface area contributed by atoms with Gasteiger partial charge in [-0.2, -0.15) is 0 Å². The zero-order valence-corrected chi connectivity index (χ0v) is 16.1. The summed E-state index contributed by atoms with van der Waals surface area (Å²) in [6.45, 7) is 4.37. The van der Waals surface area contributed by atoms with Gasteiger partial charge in [-0.25, -0.2) is 0 Å². The third kappa shape index (κ3) is 5.31. The Kier molecular flexibility index (Phi) is 8.54. The Labute approximate surface area is 152 Å². The van der Waals surface area contributed by atoms with Crippen molar-refractivity contribution >= 4 is 52.2 Å². The number of hydrogen-bond donors (Lipinski definition) is 1. The summed E-state index contributed by atoms with van der Waals surface area (Å²) in [4.78, 5) is 20.0. The summed E-state index contributed by atoms with van der Waals surface area (Å²) in [6.07, 6.45) is 0.352. The van der Waals surface area contributed by atoms with E-state index in [4.69, 9.17) is 0 Å². The molecule has 1 aromatic rings. The third-order valence-corrected chi connectivity index (χ3v) is 4.38. The van der Waals surface area contributed by atoms with Gasteiger partial charge in [0, 0.05) is 39.8 Å². The molecule has 2 rings (SSSR count). The van der Waals surface area contributed by atoms with E-state index in [1.165, 1.54) is 12.1 Å². The second-order valence-electron chi connectivity index (χ2n) is 4.73. The van der Waals surface area contributed by atoms with Crippen molar-refractivity contribution in [3.63, 3.8) is 0 Å². The van der Waals surface area contributed by atoms with E-state index in [1.54, 1.807) is 18.4 Å². The van der Waals surface area contributed by atoms with Gasteiger partial charge in [0.05, 0.1) is 18.5 Å². The number of piperazine rings is 1. The quantitative estimate of drug-likeness (QED) is 0.335. The lowest BCUT2D eigenvalue weighted by Gasteiger charge is -2.37. The minimum atomic E-state index is -0.208. The number of esters is 1. The molecule has 6 nitrogen and oxygen atoms in total. The van der Waals surface area contributed by atoms with Crippen molar-refractivity contribution in [3.8, 4) is 0 Å². The number of anilines is 1. The Bertz CT molecular complexity index is 473. The Morgan fingerprint density at radius 3 is 2.68 bits per heavy atom. The van der Waals surface area contributed by atoms with Crippen LogP contribution in [0.1, 0.15) is 6.42 Å². The molecule has 1 N–H and O–H groups in total. The Hall–Kier alpha value is -1.03. The molecule has 0 spiro atoms. The van der Waals surface area contributed by atoms with Crippen LogP contribution in [0.4, 0.5) is 5.00 Å². The number of halogens is 1. The fourth-order valence-electron chi connectivity index (χ4n) is 2.30. The van der Waals surface area contributed by atoms with Crippen molar-refractivity contribution in [1.29, 1.82) is 0 Å². The summed E-state index contributed by atoms with van der Waals surface area (Å²) >= 11 is 1.77. The van der Waals surface area contributed by atoms with E-state index in [0.717, 1.165) is 32.1 Å². The first-order valence-corrected chi connectivity index (χ1v) is 7.93. The summed E-state index contributed by atoms with van der Waals surface area (Å²) in [7, 11) is 3.17. The lowest BCUT2D eigenvalue weighted by molar-refractivity contribution is -0.140. The van der Waals surface area contributed by atoms with E-state index in [1.807, 2.05) is 0 Å². The molecule has 1 aliphatic rings. The highest BCUT2D eigenvalue weighted by atomic mass is 127. The van der Waals surface area contributed by atoms with Crippen molar-refractivity contribution in [1.82, 2.24) is 10.2 Å². The summed E-state index contributed by atoms with van der Waals surface area (Å²) in [6, 6.07) is 4.24. The number of rotatable bonds is 4. The summed E-state index contributed by atoms with van der Waals surface area (Å²) < 4.78 is 4.63. The number of methoxy groups -OCH3 is 1. The second kappa shape index (κ2) is 9.88. The lowest BCUT2D eigenvalue weighted by Crippen LogP contribution is -2.52. The molecule has 0 unspecified atom stereocenters. The van der Waals surface area contributed by atoms with Crippen LogP contribution in [0, 0.1) is 0 Å². The fourth-order valence-corrected chi connectivity index (χ4v) is 3.08. The first-order valence-electron chi connectivity index (χ1n) is 7.05. The number of carbonyl (C=O) groups is 1. The largest absolute Gasteiger partial charge is 0.469 e. The van der Waals surface area contributed by atoms with E-state index >= 15 is 0 Å². The predicted molar refractivity (Wildman–Crippen MR) is 102 cm³/mol. The standard InChI is InChI=1S/C14H22N4O2S.HI/c1-15-14(16-6-5-13(19)20-2)18-9-7-17(8-10-18)12-4-3-11-21-12;/h3-4,11H,5-10H2,1-2H3,(H,15,16);1H. The number of guanidine groups is 1. The van der Waals surface area contributed by atoms with Crippen LogP contribution in [0.2, 0.25) is 0 Å². The normalized spacial score (nSPS) is 15.3. The van der Waals surface area contributed by atoms with Crippen molar-refractivity contribution in [3.05, 3.63) is 17.5 Å². The van der Waals surface area contributed by atoms with E-state index in [2.05, 4.69) is 42.4 Å². The van der Waals surface area contributed by atoms with Gasteiger partial charge in [-0.3, -0.25) is 9.79 Å². The minimum Gasteiger partial charge on any atom is -0.469 e. The van der Waals surface area contributed by atoms with Crippen molar-refractivity contribution in [2.75, 3.05) is 51.8 Å². The Morgan fingerprint density at radius 2 is 2.14 bits per heavy atom. The summed E-state index contributed by atoms with van der Waals surface area (Å²) in [5, 5.41) is 6.64. The van der Waals surface area contributed by atoms with Crippen LogP contribution in [0.15, 0.2) is 22.5 Å². The van der Waals surface area contributed by atoms with Crippen molar-refractivity contribution < 1.29 is 9.53 Å². The van der Waals surface area contributed by atoms with Crippen molar-refractivity contribution in [2.45, 2.75) is 6.42 Å². The van der Waals surface area contributed by atoms with Crippen LogP contribution in [0.25, 0.3) is 0 Å². The van der Waals surface area contributed by atoms with E-state index < -0.39 is 0 Å². The van der Waals surface area contributed by atoms with Crippen LogP contribution < -0.4 is 10.2 Å². The average Bonchev–Trinajstić information content (AvgIpc) is 3.06. The van der Waals surface area contributed by atoms with Crippen LogP contribution in [-0.2, 0) is 9.53 Å². The molecule has 1 fully saturated rings. The van der Waals surface area contributed by atoms with Gasteiger partial charge < -0.3 is 19.9 Å². The summed E-state index contributed by atoms with van der Waals surface area (Å²) in [5.74, 6) is 0.644. The van der Waals surface area contributed by atoms with Gasteiger partial charge in [0.1, 0.15) is 0 Å². The first kappa shape index (κ1) is 19.0. The van der Waals surface area contributed by atoms with Gasteiger partial charge in [-0.05, 0) is 17.5 Å². The number of thiophene rings is 1. The molecule has 0 radical (unpaired) electrons. The van der Waals surface area contributed by atoms with Gasteiger partial charge in [-0.15, -0.1) is 35.3 Å². The molecule has 0 amide bonds. The van der Waals surface area contributed by atoms with E-state index in [-0.39, 0.29) is 29.9 Å². The molecule has 0 saturated carbocycles. The molecule has 2 heterocycles. The predicted octanol–water partition coefficient (Wildman–Crippen LogP) is 1.63. The van der Waals surface area contributed by atoms with Crippen molar-refractivity contribution in [2.24, 2.45) is 4.99 Å². The molecule has 0 aromatic carbocycles. The number of hydrogen-bond acceptors (Lipinski definition) is 5. The molecule has 0 atom stereocenters. The Morgan fingerprint density at radius 1 is 1.41 bits per heavy atom. The van der Waals surface area contributed by atoms with Crippen LogP contribution in [0.3, 0.4) is 0 Å². The zero-order valence-electron chi connectivity index (χ0n) is 12.9. The van der Waals surface area contributed by atoms with Gasteiger partial charge in [0.25, 0.3) is 0 Å². The fraction of sp³-hybridized carbons (Fsp3) is 0.571. The lowest BCUT2D eigenvalue weighted by atomic mass is 10.3. The van der Waals surface area contributed by atoms with Gasteiger partial charge in [0.2, 0.25) is 0 Å². The molecular formula is C14H23IN4O2S. The molecular weight excluding hydrogens is 415 g/mol. The third-order valence-electron chi connectivity index (χ3n) is 3.45. The molecule has 8 heteroatoms. The highest BCUT2D eigenvalue weighted by molar-refractivity contribution is 14.0. The monoisotopic (exact) mass is 438 g/mol. The molecule has 124 valence electrons. The number of aliphatic imine (C=N–C) groups is 1. The molecule has 1 saturated heterocycles. The molecule has 1 aromatic heterocycles. The topological polar surface area (TPSA) is 57.2 Å². The van der Waals surface area contributed by atoms with Crippen LogP contribution >= 0.6 is 35.3 Å². The highest BCUT2D eigenvalue weighted by Gasteiger charge is 2.20. The maximum Gasteiger partial charge on any atom is 0.307 e. The van der Waals surface area contributed by atoms with Crippen LogP contribution in [-0.4, -0.2) is 63.7 Å². The van der Waals surface area contributed by atoms with Gasteiger partial charge in [-0.1, -0.05) is 0 Å². The SMILES string of the molecule is CN=C(NCCC(=O)OC)N1CCN(c2cccs2)CC1.I. The van der Waals surface area contributed by atoms with Crippen LogP contribution in [0.5, 0.6) is 0 Å². The second-order valence-corrected chi connectivity index (χ2v) is 5.65. The van der Waals surface area contributed by atoms with Gasteiger partial charge in [0.15, 0.2) is 5.96 Å². The number of nitrogens with zero attached hydrogens (tertiary/aromatic N) is 3. The van der Waals surface area contributed by atoms with Gasteiger partial charge >= 0.3 is 5.97 Å². The average molecular weight is 438 g/mol. The highest BCUT2D eigenvalue weighted by Crippen LogP contribution is 2.22. The minimum absolute atomic E-state index is 0. The number of ether oxygens (including phenoxy) is 1. The molecule has 0 bridgehead atoms. The van der Waals surface area contributed by atoms with E-state index in [0.29, 0.717) is 13.0 Å². The first-order chi connectivity index (χ1) is 10.2. The number of nitrogens with one attached hydrogen (secondary N) is 1. The maximum atomic E-state index is 11.1. The van der Waals surface area contributed by atoms with E-state index in [9.17, 15) is 4.79 Å². The maximum absolute atomic E-state index is 11.1. The smallest absolute Gasteiger partial charge is 0.307 e. The summed E-state index contributed by atoms with van der Waals surface area (Å²) in [5.41, 5.74) is 0. The molecule has 22 heavy (non-hydrogen) atoms. The molecule has 0 aliphatic carbocycles. The number of carbonyl (C=O) groups excluding carboxylic acids is 1.